The van der Waals surface area contributed by atoms with Crippen LogP contribution in [0.15, 0.2) is 12.1 Å². The maximum atomic E-state index is 12.5. The first-order valence-corrected chi connectivity index (χ1v) is 7.72. The molecule has 0 saturated carbocycles. The highest BCUT2D eigenvalue weighted by atomic mass is 16.2. The SMILES string of the molecule is Cc1cc(C)c(NC(=O)[C@H](C)[NH+]2CCCCC2)c(C)c1. The zero-order valence-electron chi connectivity index (χ0n) is 13.2. The van der Waals surface area contributed by atoms with Crippen LogP contribution in [0.2, 0.25) is 0 Å². The molecule has 1 aromatic carbocycles. The summed E-state index contributed by atoms with van der Waals surface area (Å²) in [5, 5.41) is 3.14. The molecule has 1 saturated heterocycles. The maximum Gasteiger partial charge on any atom is 0.282 e. The van der Waals surface area contributed by atoms with E-state index in [2.05, 4.69) is 45.1 Å². The van der Waals surface area contributed by atoms with Crippen LogP contribution in [-0.2, 0) is 4.79 Å². The third kappa shape index (κ3) is 3.40. The van der Waals surface area contributed by atoms with Gasteiger partial charge in [-0.3, -0.25) is 4.79 Å². The number of hydrogen-bond acceptors (Lipinski definition) is 1. The second-order valence-corrected chi connectivity index (χ2v) is 6.20. The van der Waals surface area contributed by atoms with Gasteiger partial charge in [0.2, 0.25) is 0 Å². The Morgan fingerprint density at radius 3 is 2.20 bits per heavy atom. The van der Waals surface area contributed by atoms with Gasteiger partial charge in [-0.15, -0.1) is 0 Å². The Bertz CT molecular complexity index is 467. The summed E-state index contributed by atoms with van der Waals surface area (Å²) in [6.07, 6.45) is 3.80. The number of aryl methyl sites for hydroxylation is 3. The number of hydrogen-bond donors (Lipinski definition) is 2. The standard InChI is InChI=1S/C17H26N2O/c1-12-10-13(2)16(14(3)11-12)18-17(20)15(4)19-8-6-5-7-9-19/h10-11,15H,5-9H2,1-4H3,(H,18,20)/p+1/t15-/m0/s1. The summed E-state index contributed by atoms with van der Waals surface area (Å²) in [6.45, 7) is 10.5. The van der Waals surface area contributed by atoms with Crippen molar-refractivity contribution in [3.05, 3.63) is 28.8 Å². The Morgan fingerprint density at radius 2 is 1.65 bits per heavy atom. The highest BCUT2D eigenvalue weighted by Crippen LogP contribution is 2.21. The fourth-order valence-electron chi connectivity index (χ4n) is 3.23. The van der Waals surface area contributed by atoms with Gasteiger partial charge >= 0.3 is 0 Å². The molecule has 1 fully saturated rings. The molecule has 2 N–H and O–H groups in total. The molecule has 20 heavy (non-hydrogen) atoms. The van der Waals surface area contributed by atoms with E-state index in [0.29, 0.717) is 0 Å². The largest absolute Gasteiger partial charge is 0.325 e. The van der Waals surface area contributed by atoms with Crippen molar-refractivity contribution >= 4 is 11.6 Å². The summed E-state index contributed by atoms with van der Waals surface area (Å²) in [6, 6.07) is 4.29. The number of benzene rings is 1. The third-order valence-corrected chi connectivity index (χ3v) is 4.43. The Hall–Kier alpha value is -1.35. The molecule has 0 unspecified atom stereocenters. The van der Waals surface area contributed by atoms with Crippen molar-refractivity contribution < 1.29 is 9.69 Å². The number of likely N-dealkylation sites (tertiary alicyclic amines) is 1. The molecule has 1 atom stereocenters. The molecular formula is C17H27N2O+. The number of carbonyl (C=O) groups is 1. The lowest BCUT2D eigenvalue weighted by Crippen LogP contribution is -3.17. The predicted octanol–water partition coefficient (Wildman–Crippen LogP) is 2.01. The summed E-state index contributed by atoms with van der Waals surface area (Å²) >= 11 is 0. The fraction of sp³-hybridized carbons (Fsp3) is 0.588. The second-order valence-electron chi connectivity index (χ2n) is 6.20. The number of anilines is 1. The molecule has 1 amide bonds. The van der Waals surface area contributed by atoms with Gasteiger partial charge in [0.05, 0.1) is 13.1 Å². The number of quaternary nitrogens is 1. The minimum absolute atomic E-state index is 0.0374. The van der Waals surface area contributed by atoms with Gasteiger partial charge in [-0.2, -0.15) is 0 Å². The van der Waals surface area contributed by atoms with Crippen molar-refractivity contribution in [2.45, 2.75) is 53.0 Å². The van der Waals surface area contributed by atoms with Crippen LogP contribution in [0.3, 0.4) is 0 Å². The zero-order valence-corrected chi connectivity index (χ0v) is 13.2. The molecule has 1 aliphatic rings. The fourth-order valence-corrected chi connectivity index (χ4v) is 3.23. The third-order valence-electron chi connectivity index (χ3n) is 4.43. The van der Waals surface area contributed by atoms with Crippen LogP contribution in [0, 0.1) is 20.8 Å². The molecule has 2 rings (SSSR count). The first kappa shape index (κ1) is 15.0. The van der Waals surface area contributed by atoms with Crippen molar-refractivity contribution in [1.29, 1.82) is 0 Å². The van der Waals surface area contributed by atoms with E-state index in [1.165, 1.54) is 29.7 Å². The average Bonchev–Trinajstić information content (AvgIpc) is 2.42. The Labute approximate surface area is 122 Å². The Kier molecular flexibility index (Phi) is 4.81. The van der Waals surface area contributed by atoms with Crippen molar-refractivity contribution in [2.75, 3.05) is 18.4 Å². The molecule has 0 aliphatic carbocycles. The van der Waals surface area contributed by atoms with Crippen LogP contribution in [-0.4, -0.2) is 25.0 Å². The average molecular weight is 275 g/mol. The summed E-state index contributed by atoms with van der Waals surface area (Å²) in [5.41, 5.74) is 4.53. The summed E-state index contributed by atoms with van der Waals surface area (Å²) in [5.74, 6) is 0.150. The van der Waals surface area contributed by atoms with Gasteiger partial charge in [0.15, 0.2) is 6.04 Å². The van der Waals surface area contributed by atoms with Gasteiger partial charge in [0, 0.05) is 5.69 Å². The lowest BCUT2D eigenvalue weighted by atomic mass is 10.0. The normalized spacial score (nSPS) is 17.8. The highest BCUT2D eigenvalue weighted by Gasteiger charge is 2.27. The second kappa shape index (κ2) is 6.40. The van der Waals surface area contributed by atoms with Gasteiger partial charge in [-0.1, -0.05) is 17.7 Å². The molecule has 0 bridgehead atoms. The number of piperidine rings is 1. The number of amides is 1. The molecule has 3 nitrogen and oxygen atoms in total. The Morgan fingerprint density at radius 1 is 1.10 bits per heavy atom. The van der Waals surface area contributed by atoms with E-state index in [0.717, 1.165) is 29.9 Å². The quantitative estimate of drug-likeness (QED) is 0.869. The van der Waals surface area contributed by atoms with Crippen molar-refractivity contribution in [2.24, 2.45) is 0 Å². The van der Waals surface area contributed by atoms with E-state index < -0.39 is 0 Å². The summed E-state index contributed by atoms with van der Waals surface area (Å²) in [4.78, 5) is 13.9. The van der Waals surface area contributed by atoms with Gasteiger partial charge in [0.1, 0.15) is 0 Å². The molecule has 110 valence electrons. The van der Waals surface area contributed by atoms with Crippen LogP contribution >= 0.6 is 0 Å². The molecular weight excluding hydrogens is 248 g/mol. The molecule has 0 aromatic heterocycles. The predicted molar refractivity (Wildman–Crippen MR) is 83.3 cm³/mol. The zero-order chi connectivity index (χ0) is 14.7. The first-order valence-electron chi connectivity index (χ1n) is 7.72. The lowest BCUT2D eigenvalue weighted by Gasteiger charge is -2.28. The monoisotopic (exact) mass is 275 g/mol. The maximum absolute atomic E-state index is 12.5. The van der Waals surface area contributed by atoms with Crippen LogP contribution in [0.4, 0.5) is 5.69 Å². The number of rotatable bonds is 3. The minimum Gasteiger partial charge on any atom is -0.325 e. The molecule has 1 heterocycles. The molecule has 1 aliphatic heterocycles. The van der Waals surface area contributed by atoms with Crippen LogP contribution in [0.5, 0.6) is 0 Å². The lowest BCUT2D eigenvalue weighted by molar-refractivity contribution is -0.918. The van der Waals surface area contributed by atoms with Crippen LogP contribution in [0.25, 0.3) is 0 Å². The van der Waals surface area contributed by atoms with E-state index in [4.69, 9.17) is 0 Å². The van der Waals surface area contributed by atoms with E-state index in [1.54, 1.807) is 0 Å². The van der Waals surface area contributed by atoms with Crippen LogP contribution in [0.1, 0.15) is 42.9 Å². The van der Waals surface area contributed by atoms with E-state index >= 15 is 0 Å². The molecule has 1 aromatic rings. The highest BCUT2D eigenvalue weighted by molar-refractivity contribution is 5.95. The molecule has 3 heteroatoms. The van der Waals surface area contributed by atoms with Crippen molar-refractivity contribution in [3.63, 3.8) is 0 Å². The van der Waals surface area contributed by atoms with Gasteiger partial charge in [0.25, 0.3) is 5.91 Å². The van der Waals surface area contributed by atoms with Crippen LogP contribution < -0.4 is 10.2 Å². The first-order chi connectivity index (χ1) is 9.49. The van der Waals surface area contributed by atoms with Crippen molar-refractivity contribution in [1.82, 2.24) is 0 Å². The summed E-state index contributed by atoms with van der Waals surface area (Å²) in [7, 11) is 0. The van der Waals surface area contributed by atoms with Crippen molar-refractivity contribution in [3.8, 4) is 0 Å². The smallest absolute Gasteiger partial charge is 0.282 e. The van der Waals surface area contributed by atoms with Gasteiger partial charge in [-0.05, 0) is 58.1 Å². The van der Waals surface area contributed by atoms with Gasteiger partial charge < -0.3 is 10.2 Å². The Balaban J connectivity index is 2.07. The topological polar surface area (TPSA) is 33.5 Å². The summed E-state index contributed by atoms with van der Waals surface area (Å²) < 4.78 is 0. The molecule has 0 radical (unpaired) electrons. The van der Waals surface area contributed by atoms with E-state index in [9.17, 15) is 4.79 Å². The number of carbonyl (C=O) groups excluding carboxylic acids is 1. The minimum atomic E-state index is 0.0374. The van der Waals surface area contributed by atoms with E-state index in [1.807, 2.05) is 0 Å². The van der Waals surface area contributed by atoms with E-state index in [-0.39, 0.29) is 11.9 Å². The molecule has 0 spiro atoms. The number of nitrogens with one attached hydrogen (secondary N) is 2. The van der Waals surface area contributed by atoms with Gasteiger partial charge in [-0.25, -0.2) is 0 Å².